The van der Waals surface area contributed by atoms with E-state index in [4.69, 9.17) is 22.1 Å². The molecule has 83 heavy (non-hydrogen) atoms. The van der Waals surface area contributed by atoms with Crippen LogP contribution in [0.5, 0.6) is 0 Å². The van der Waals surface area contributed by atoms with E-state index in [2.05, 4.69) is 33.1 Å². The van der Waals surface area contributed by atoms with E-state index in [1.54, 1.807) is 48.3 Å². The molecule has 440 valence electrons. The fraction of sp³-hybridized carbons (Fsp3) is 0.446. The molecule has 4 aromatic rings. The highest BCUT2D eigenvalue weighted by Gasteiger charge is 2.51. The van der Waals surface area contributed by atoms with E-state index in [-0.39, 0.29) is 66.8 Å². The third-order valence-corrected chi connectivity index (χ3v) is 18.2. The molecule has 1 unspecified atom stereocenters. The number of rotatable bonds is 16. The molecular weight excluding hydrogens is 1140 g/mol. The number of imide groups is 1. The Morgan fingerprint density at radius 1 is 0.940 bits per heavy atom. The number of benzene rings is 3. The number of nitrogens with zero attached hydrogens (tertiary/aromatic N) is 4. The van der Waals surface area contributed by atoms with Crippen LogP contribution in [0.25, 0.3) is 10.1 Å². The number of primary amides is 1. The number of hydrogen-bond acceptors (Lipinski definition) is 13. The Bertz CT molecular complexity index is 3360. The number of nitrogens with two attached hydrogens (primary N) is 1. The summed E-state index contributed by atoms with van der Waals surface area (Å²) in [6.07, 6.45) is 2.66. The minimum absolute atomic E-state index is 0.0108. The van der Waals surface area contributed by atoms with Gasteiger partial charge in [-0.3, -0.25) is 48.2 Å². The lowest BCUT2D eigenvalue weighted by atomic mass is 9.91. The highest BCUT2D eigenvalue weighted by Crippen LogP contribution is 2.59. The van der Waals surface area contributed by atoms with Gasteiger partial charge in [0.25, 0.3) is 11.8 Å². The molecule has 9 amide bonds. The van der Waals surface area contributed by atoms with E-state index in [1.165, 1.54) is 21.9 Å². The molecule has 27 heteroatoms. The summed E-state index contributed by atoms with van der Waals surface area (Å²) in [5.41, 5.74) is 2.43. The van der Waals surface area contributed by atoms with E-state index in [9.17, 15) is 66.3 Å². The summed E-state index contributed by atoms with van der Waals surface area (Å²) in [5.74, 6) is 2.06. The van der Waals surface area contributed by atoms with Crippen molar-refractivity contribution in [3.63, 3.8) is 0 Å². The molecule has 22 nitrogen and oxygen atoms in total. The number of carbonyl (C=O) groups is 9. The van der Waals surface area contributed by atoms with Gasteiger partial charge in [-0.25, -0.2) is 4.79 Å². The van der Waals surface area contributed by atoms with Crippen LogP contribution in [-0.2, 0) is 56.7 Å². The highest BCUT2D eigenvalue weighted by molar-refractivity contribution is 7.52. The Balaban J connectivity index is 0.841. The molecule has 5 aliphatic heterocycles. The first-order chi connectivity index (χ1) is 39.4. The molecule has 6 atom stereocenters. The SMILES string of the molecule is CN1CC[C@H]2CC[C@@H](C(=O)N[C@@H](COC(N)=O)C(=O)N[C@@H](Cc3ccc(Cl)cc3)C(=O)N3CCC(CCC#Cc4cccc5c4CN(C4CCC(=O)NC4=O)C5=O)CC3)N2C(=O)[C@@H](NC(=O)c2cc3cc(C(F)(F)P(=O)(O)O)ccc3s2)C1. The van der Waals surface area contributed by atoms with Crippen molar-refractivity contribution in [2.75, 3.05) is 39.8 Å². The first kappa shape index (κ1) is 60.3. The van der Waals surface area contributed by atoms with Crippen LogP contribution in [0.1, 0.15) is 100 Å². The molecule has 3 aromatic carbocycles. The second kappa shape index (κ2) is 25.3. The van der Waals surface area contributed by atoms with Gasteiger partial charge in [-0.1, -0.05) is 47.7 Å². The number of thiophene rings is 1. The minimum Gasteiger partial charge on any atom is -0.447 e. The third kappa shape index (κ3) is 13.7. The molecule has 0 aliphatic carbocycles. The quantitative estimate of drug-likeness (QED) is 0.0478. The summed E-state index contributed by atoms with van der Waals surface area (Å²) in [6.45, 7) is 0.648. The van der Waals surface area contributed by atoms with Crippen LogP contribution in [0, 0.1) is 17.8 Å². The van der Waals surface area contributed by atoms with E-state index in [0.717, 1.165) is 35.5 Å². The molecule has 0 saturated carbocycles. The van der Waals surface area contributed by atoms with Crippen molar-refractivity contribution >= 4 is 94.0 Å². The zero-order valence-electron chi connectivity index (χ0n) is 44.9. The van der Waals surface area contributed by atoms with E-state index in [0.29, 0.717) is 78.2 Å². The van der Waals surface area contributed by atoms with Crippen LogP contribution >= 0.6 is 30.5 Å². The largest absolute Gasteiger partial charge is 0.447 e. The van der Waals surface area contributed by atoms with E-state index < -0.39 is 103 Å². The Morgan fingerprint density at radius 3 is 2.40 bits per heavy atom. The van der Waals surface area contributed by atoms with Crippen LogP contribution in [0.2, 0.25) is 5.02 Å². The van der Waals surface area contributed by atoms with Crippen LogP contribution in [0.4, 0.5) is 13.6 Å². The van der Waals surface area contributed by atoms with Crippen LogP contribution in [0.3, 0.4) is 0 Å². The molecule has 4 saturated heterocycles. The van der Waals surface area contributed by atoms with Gasteiger partial charge in [0.2, 0.25) is 35.4 Å². The lowest BCUT2D eigenvalue weighted by molar-refractivity contribution is -0.144. The standard InChI is InChI=1S/C56H61ClF2N9O13PS/c1-65-22-21-37-14-15-44(68(37)54(76)41(29-65)62-51(73)46-27-34-26-35(11-17-45(34)83-46)56(58,59)82(78,79)80)50(72)63-42(30-81-55(60)77)48(70)61-40(25-32-9-12-36(57)13-10-32)53(75)66-23-19-31(20-24-66)5-2-3-6-33-7-4-8-38-39(33)28-67(52(38)74)43-16-18-47(69)64-49(43)71/h4,7-13,17,26-27,31,37,40-44H,2,5,14-16,18-25,28-30H2,1H3,(H2,60,77)(H,61,70)(H,62,73)(H,63,72)(H,64,69,71)(H2,78,79,80)/t37-,40+,41+,42+,43?,44+/m1/s1. The first-order valence-corrected chi connectivity index (χ1v) is 29.9. The summed E-state index contributed by atoms with van der Waals surface area (Å²) in [7, 11) is -4.12. The van der Waals surface area contributed by atoms with Gasteiger partial charge in [-0.05, 0) is 123 Å². The minimum atomic E-state index is -5.88. The predicted octanol–water partition coefficient (Wildman–Crippen LogP) is 3.71. The number of hydrogen-bond donors (Lipinski definition) is 7. The lowest BCUT2D eigenvalue weighted by Gasteiger charge is -2.38. The maximum absolute atomic E-state index is 14.6. The van der Waals surface area contributed by atoms with Gasteiger partial charge in [0, 0.05) is 77.9 Å². The van der Waals surface area contributed by atoms with Crippen LogP contribution < -0.4 is 27.0 Å². The zero-order chi connectivity index (χ0) is 59.5. The summed E-state index contributed by atoms with van der Waals surface area (Å²) in [4.78, 5) is 146. The van der Waals surface area contributed by atoms with Crippen LogP contribution in [0.15, 0.2) is 66.7 Å². The Hall–Kier alpha value is -7.33. The van der Waals surface area contributed by atoms with E-state index in [1.807, 2.05) is 11.0 Å². The van der Waals surface area contributed by atoms with Gasteiger partial charge in [-0.2, -0.15) is 8.78 Å². The van der Waals surface area contributed by atoms with Gasteiger partial charge in [0.1, 0.15) is 36.8 Å². The highest BCUT2D eigenvalue weighted by atomic mass is 35.5. The second-order valence-corrected chi connectivity index (χ2v) is 24.6. The summed E-state index contributed by atoms with van der Waals surface area (Å²) >= 11 is 7.09. The Morgan fingerprint density at radius 2 is 1.69 bits per heavy atom. The number of nitrogens with one attached hydrogen (secondary N) is 4. The fourth-order valence-corrected chi connectivity index (χ4v) is 12.9. The first-order valence-electron chi connectivity index (χ1n) is 27.1. The molecule has 6 heterocycles. The molecule has 4 fully saturated rings. The number of halogens is 3. The molecule has 0 radical (unpaired) electrons. The molecular formula is C56H61ClF2N9O13PS. The number of fused-ring (bicyclic) bond motifs is 3. The van der Waals surface area contributed by atoms with Gasteiger partial charge in [-0.15, -0.1) is 11.3 Å². The predicted molar refractivity (Wildman–Crippen MR) is 297 cm³/mol. The van der Waals surface area contributed by atoms with Crippen molar-refractivity contribution < 1.29 is 71.0 Å². The normalized spacial score (nSPS) is 21.4. The van der Waals surface area contributed by atoms with Gasteiger partial charge in [0.05, 0.1) is 4.88 Å². The van der Waals surface area contributed by atoms with Crippen molar-refractivity contribution in [3.8, 4) is 11.8 Å². The monoisotopic (exact) mass is 1200 g/mol. The maximum Gasteiger partial charge on any atom is 0.404 e. The summed E-state index contributed by atoms with van der Waals surface area (Å²) in [6, 6.07) is 9.79. The molecule has 1 aromatic heterocycles. The van der Waals surface area contributed by atoms with Crippen molar-refractivity contribution in [1.29, 1.82) is 0 Å². The van der Waals surface area contributed by atoms with Crippen molar-refractivity contribution in [1.82, 2.24) is 40.9 Å². The van der Waals surface area contributed by atoms with Crippen LogP contribution in [-0.4, -0.2) is 159 Å². The average Bonchev–Trinajstić information content (AvgIpc) is 4.31. The molecule has 5 aliphatic rings. The van der Waals surface area contributed by atoms with Crippen molar-refractivity contribution in [2.24, 2.45) is 11.7 Å². The topological polar surface area (TPSA) is 307 Å². The second-order valence-electron chi connectivity index (χ2n) is 21.4. The van der Waals surface area contributed by atoms with Gasteiger partial charge < -0.3 is 55.8 Å². The van der Waals surface area contributed by atoms with Gasteiger partial charge >= 0.3 is 19.4 Å². The molecule has 0 bridgehead atoms. The number of amides is 9. The molecule has 8 N–H and O–H groups in total. The van der Waals surface area contributed by atoms with Crippen molar-refractivity contribution in [3.05, 3.63) is 104 Å². The fourth-order valence-electron chi connectivity index (χ4n) is 11.4. The summed E-state index contributed by atoms with van der Waals surface area (Å²) in [5, 5.41) is 11.0. The zero-order valence-corrected chi connectivity index (χ0v) is 47.4. The Labute approximate surface area is 484 Å². The van der Waals surface area contributed by atoms with Crippen molar-refractivity contribution in [2.45, 2.75) is 113 Å². The number of carbonyl (C=O) groups excluding carboxylic acids is 9. The molecule has 0 spiro atoms. The lowest BCUT2D eigenvalue weighted by Crippen LogP contribution is -2.62. The number of alkyl halides is 2. The van der Waals surface area contributed by atoms with Gasteiger partial charge in [0.15, 0.2) is 0 Å². The smallest absolute Gasteiger partial charge is 0.404 e. The maximum atomic E-state index is 14.6. The number of likely N-dealkylation sites (tertiary alicyclic amines) is 1. The molecule has 9 rings (SSSR count). The summed E-state index contributed by atoms with van der Waals surface area (Å²) < 4.78 is 46.1. The third-order valence-electron chi connectivity index (χ3n) is 15.9. The number of piperidine rings is 2. The van der Waals surface area contributed by atoms with E-state index >= 15 is 0 Å². The average molecular weight is 1200 g/mol. The Kier molecular flexibility index (Phi) is 18.3. The number of ether oxygens (including phenoxy) is 1. The number of likely N-dealkylation sites (N-methyl/N-ethyl adjacent to an activating group) is 1.